The number of methoxy groups -OCH3 is 1. The Morgan fingerprint density at radius 2 is 1.02 bits per heavy atom. The van der Waals surface area contributed by atoms with Gasteiger partial charge in [-0.05, 0) is 44.7 Å². The highest BCUT2D eigenvalue weighted by Crippen LogP contribution is 2.53. The van der Waals surface area contributed by atoms with Crippen LogP contribution in [0.15, 0.2) is 115 Å². The maximum atomic E-state index is 6.98. The van der Waals surface area contributed by atoms with E-state index in [9.17, 15) is 0 Å². The Kier molecular flexibility index (Phi) is 14.1. The van der Waals surface area contributed by atoms with Crippen LogP contribution in [-0.2, 0) is 77.0 Å². The molecule has 1 saturated heterocycles. The van der Waals surface area contributed by atoms with Crippen molar-refractivity contribution in [3.05, 3.63) is 165 Å². The van der Waals surface area contributed by atoms with Gasteiger partial charge < -0.3 is 33.2 Å². The van der Waals surface area contributed by atoms with Crippen LogP contribution in [0.3, 0.4) is 0 Å². The van der Waals surface area contributed by atoms with Gasteiger partial charge in [-0.15, -0.1) is 11.6 Å². The van der Waals surface area contributed by atoms with Crippen LogP contribution >= 0.6 is 11.6 Å². The van der Waals surface area contributed by atoms with Gasteiger partial charge in [0, 0.05) is 34.8 Å². The highest BCUT2D eigenvalue weighted by atomic mass is 35.5. The molecule has 8 heteroatoms. The third-order valence-electron chi connectivity index (χ3n) is 12.0. The molecule has 0 aromatic heterocycles. The SMILES string of the molecule is CO[C@H]1O[C@H](COCc2cc(C(C)(C)C)cc3c2Oc2c(CCl)cc(C(C)(C)C)cc2C3(C)C)[C@@H](OCc2ccccc2)[C@H](OCc2ccccc2)[C@H]1OCc1ccccc1. The van der Waals surface area contributed by atoms with Crippen molar-refractivity contribution in [1.29, 1.82) is 0 Å². The van der Waals surface area contributed by atoms with E-state index in [-0.39, 0.29) is 29.5 Å². The summed E-state index contributed by atoms with van der Waals surface area (Å²) in [6.07, 6.45) is -3.06. The molecule has 1 fully saturated rings. The van der Waals surface area contributed by atoms with E-state index < -0.39 is 30.7 Å². The van der Waals surface area contributed by atoms with Gasteiger partial charge >= 0.3 is 0 Å². The van der Waals surface area contributed by atoms with E-state index in [1.165, 1.54) is 11.1 Å². The van der Waals surface area contributed by atoms with Crippen LogP contribution in [0.5, 0.6) is 11.5 Å². The quantitative estimate of drug-likeness (QED) is 0.0972. The van der Waals surface area contributed by atoms with Crippen molar-refractivity contribution in [3.63, 3.8) is 0 Å². The highest BCUT2D eigenvalue weighted by Gasteiger charge is 2.49. The summed E-state index contributed by atoms with van der Waals surface area (Å²) in [4.78, 5) is 0. The van der Waals surface area contributed by atoms with Gasteiger partial charge in [-0.3, -0.25) is 0 Å². The lowest BCUT2D eigenvalue weighted by molar-refractivity contribution is -0.323. The molecule has 324 valence electrons. The molecule has 2 heterocycles. The maximum Gasteiger partial charge on any atom is 0.186 e. The fourth-order valence-corrected chi connectivity index (χ4v) is 8.42. The summed E-state index contributed by atoms with van der Waals surface area (Å²) in [6, 6.07) is 39.4. The van der Waals surface area contributed by atoms with Crippen molar-refractivity contribution in [2.24, 2.45) is 0 Å². The van der Waals surface area contributed by atoms with Gasteiger partial charge in [0.15, 0.2) is 6.29 Å². The fourth-order valence-electron chi connectivity index (χ4n) is 8.22. The topological polar surface area (TPSA) is 64.6 Å². The first-order valence-electron chi connectivity index (χ1n) is 21.5. The predicted octanol–water partition coefficient (Wildman–Crippen LogP) is 12.1. The summed E-state index contributed by atoms with van der Waals surface area (Å²) >= 11 is 6.67. The number of ether oxygens (including phenoxy) is 7. The van der Waals surface area contributed by atoms with Crippen molar-refractivity contribution in [2.45, 2.75) is 135 Å². The molecule has 0 radical (unpaired) electrons. The zero-order valence-corrected chi connectivity index (χ0v) is 38.1. The molecule has 0 spiro atoms. The second-order valence-electron chi connectivity index (χ2n) is 19.0. The normalized spacial score (nSPS) is 21.0. The lowest BCUT2D eigenvalue weighted by Gasteiger charge is -2.45. The molecule has 5 aromatic carbocycles. The van der Waals surface area contributed by atoms with Gasteiger partial charge in [-0.2, -0.15) is 0 Å². The summed E-state index contributed by atoms with van der Waals surface area (Å²) in [5, 5.41) is 0. The summed E-state index contributed by atoms with van der Waals surface area (Å²) < 4.78 is 46.9. The Bertz CT molecular complexity index is 2190. The molecular formula is C53H63ClO7. The molecule has 0 aliphatic carbocycles. The minimum atomic E-state index is -0.751. The molecule has 0 saturated carbocycles. The van der Waals surface area contributed by atoms with Crippen LogP contribution in [0.25, 0.3) is 0 Å². The van der Waals surface area contributed by atoms with Gasteiger partial charge in [-0.1, -0.05) is 165 Å². The highest BCUT2D eigenvalue weighted by molar-refractivity contribution is 6.17. The number of halogens is 1. The van der Waals surface area contributed by atoms with E-state index in [0.29, 0.717) is 25.7 Å². The summed E-state index contributed by atoms with van der Waals surface area (Å²) in [5.41, 5.74) is 9.24. The summed E-state index contributed by atoms with van der Waals surface area (Å²) in [7, 11) is 1.64. The molecule has 0 unspecified atom stereocenters. The molecule has 7 nitrogen and oxygen atoms in total. The van der Waals surface area contributed by atoms with E-state index in [2.05, 4.69) is 104 Å². The molecule has 7 rings (SSSR count). The second-order valence-corrected chi connectivity index (χ2v) is 19.2. The first-order chi connectivity index (χ1) is 29.2. The Hall–Kier alpha value is -4.05. The van der Waals surface area contributed by atoms with Crippen LogP contribution in [0.1, 0.15) is 105 Å². The Morgan fingerprint density at radius 3 is 1.48 bits per heavy atom. The van der Waals surface area contributed by atoms with Gasteiger partial charge in [-0.25, -0.2) is 0 Å². The van der Waals surface area contributed by atoms with E-state index in [0.717, 1.165) is 50.4 Å². The monoisotopic (exact) mass is 846 g/mol. The Morgan fingerprint density at radius 1 is 0.574 bits per heavy atom. The van der Waals surface area contributed by atoms with Gasteiger partial charge in [0.05, 0.1) is 38.9 Å². The largest absolute Gasteiger partial charge is 0.456 e. The van der Waals surface area contributed by atoms with Crippen molar-refractivity contribution in [2.75, 3.05) is 13.7 Å². The zero-order chi connectivity index (χ0) is 43.4. The summed E-state index contributed by atoms with van der Waals surface area (Å²) in [6.45, 7) is 19.6. The number of fused-ring (bicyclic) bond motifs is 2. The third-order valence-corrected chi connectivity index (χ3v) is 12.3. The van der Waals surface area contributed by atoms with Crippen LogP contribution in [0.2, 0.25) is 0 Å². The van der Waals surface area contributed by atoms with Crippen molar-refractivity contribution >= 4 is 11.6 Å². The van der Waals surface area contributed by atoms with E-state index in [1.807, 2.05) is 66.7 Å². The number of hydrogen-bond acceptors (Lipinski definition) is 7. The van der Waals surface area contributed by atoms with Crippen LogP contribution < -0.4 is 4.74 Å². The molecule has 2 aliphatic heterocycles. The number of rotatable bonds is 15. The molecule has 61 heavy (non-hydrogen) atoms. The van der Waals surface area contributed by atoms with Crippen LogP contribution in [0, 0.1) is 0 Å². The van der Waals surface area contributed by atoms with Crippen LogP contribution in [-0.4, -0.2) is 44.4 Å². The zero-order valence-electron chi connectivity index (χ0n) is 37.3. The maximum absolute atomic E-state index is 6.98. The minimum absolute atomic E-state index is 0.0518. The number of alkyl halides is 1. The second kappa shape index (κ2) is 19.1. The smallest absolute Gasteiger partial charge is 0.186 e. The lowest BCUT2D eigenvalue weighted by atomic mass is 9.71. The first kappa shape index (κ1) is 45.0. The predicted molar refractivity (Wildman–Crippen MR) is 242 cm³/mol. The fraction of sp³-hybridized carbons (Fsp3) is 0.434. The average Bonchev–Trinajstić information content (AvgIpc) is 3.24. The van der Waals surface area contributed by atoms with Crippen LogP contribution in [0.4, 0.5) is 0 Å². The first-order valence-corrected chi connectivity index (χ1v) is 22.0. The molecule has 2 aliphatic rings. The molecule has 5 aromatic rings. The third kappa shape index (κ3) is 10.4. The summed E-state index contributed by atoms with van der Waals surface area (Å²) in [5.74, 6) is 1.99. The number of benzene rings is 5. The van der Waals surface area contributed by atoms with E-state index >= 15 is 0 Å². The Labute approximate surface area is 368 Å². The van der Waals surface area contributed by atoms with Gasteiger partial charge in [0.1, 0.15) is 35.9 Å². The molecule has 0 N–H and O–H groups in total. The lowest BCUT2D eigenvalue weighted by Crippen LogP contribution is -2.61. The minimum Gasteiger partial charge on any atom is -0.456 e. The Balaban J connectivity index is 1.21. The van der Waals surface area contributed by atoms with E-state index in [1.54, 1.807) is 7.11 Å². The van der Waals surface area contributed by atoms with Gasteiger partial charge in [0.25, 0.3) is 0 Å². The average molecular weight is 848 g/mol. The molecule has 0 amide bonds. The molecule has 5 atom stereocenters. The molecular weight excluding hydrogens is 784 g/mol. The standard InChI is InChI=1S/C53H63ClO7/c1-51(2,3)40-25-38(29-54)45-42(27-40)53(7,8)43-28-41(52(4,5)6)26-39(46(43)61-45)33-56-34-44-47(57-30-35-19-13-10-14-20-35)48(58-31-36-21-15-11-16-22-36)49(50(55-9)60-44)59-32-37-23-17-12-18-24-37/h10-28,44,47-50H,29-34H2,1-9H3/t44-,47-,48+,49-,50+/m1/s1. The van der Waals surface area contributed by atoms with Crippen molar-refractivity contribution in [3.8, 4) is 11.5 Å². The van der Waals surface area contributed by atoms with E-state index in [4.69, 9.17) is 44.8 Å². The van der Waals surface area contributed by atoms with Crippen molar-refractivity contribution < 1.29 is 33.2 Å². The van der Waals surface area contributed by atoms with Crippen molar-refractivity contribution in [1.82, 2.24) is 0 Å². The number of hydrogen-bond donors (Lipinski definition) is 0. The molecule has 0 bridgehead atoms. The van der Waals surface area contributed by atoms with Gasteiger partial charge in [0.2, 0.25) is 0 Å².